The van der Waals surface area contributed by atoms with Crippen molar-refractivity contribution in [1.29, 1.82) is 0 Å². The van der Waals surface area contributed by atoms with E-state index in [1.807, 2.05) is 0 Å². The molecule has 0 unspecified atom stereocenters. The summed E-state index contributed by atoms with van der Waals surface area (Å²) in [7, 11) is 0. The van der Waals surface area contributed by atoms with Gasteiger partial charge in [-0.15, -0.1) is 0 Å². The number of hydrogen-bond acceptors (Lipinski definition) is 6. The molecule has 0 radical (unpaired) electrons. The Hall–Kier alpha value is -0.672. The van der Waals surface area contributed by atoms with Crippen molar-refractivity contribution in [2.24, 2.45) is 0 Å². The Balaban J connectivity index is 0.00000128. The fourth-order valence-electron chi connectivity index (χ4n) is 1.88. The van der Waals surface area contributed by atoms with Gasteiger partial charge in [0.2, 0.25) is 0 Å². The van der Waals surface area contributed by atoms with Crippen LogP contribution in [0, 0.1) is 20.2 Å². The van der Waals surface area contributed by atoms with Crippen LogP contribution in [0.3, 0.4) is 0 Å². The number of nitrogens with one attached hydrogen (secondary N) is 2. The van der Waals surface area contributed by atoms with E-state index in [1.165, 1.54) is 0 Å². The normalized spacial score (nSPS) is 31.3. The Kier molecular flexibility index (Phi) is 5.55. The molecule has 1 saturated heterocycles. The van der Waals surface area contributed by atoms with E-state index in [0.717, 1.165) is 25.7 Å². The molecule has 17 heavy (non-hydrogen) atoms. The van der Waals surface area contributed by atoms with Crippen molar-refractivity contribution < 1.29 is 35.0 Å². The van der Waals surface area contributed by atoms with Crippen molar-refractivity contribution in [3.63, 3.8) is 0 Å². The molecule has 2 atom stereocenters. The molecule has 0 aromatic rings. The Bertz CT molecular complexity index is 285. The summed E-state index contributed by atoms with van der Waals surface area (Å²) in [4.78, 5) is 21.7. The van der Waals surface area contributed by atoms with Gasteiger partial charge in [-0.2, -0.15) is 0 Å². The van der Waals surface area contributed by atoms with Crippen molar-refractivity contribution in [1.82, 2.24) is 7.75 Å². The predicted octanol–water partition coefficient (Wildman–Crippen LogP) is -1.79. The van der Waals surface area contributed by atoms with E-state index in [2.05, 4.69) is 7.75 Å². The predicted molar refractivity (Wildman–Crippen MR) is 53.5 cm³/mol. The zero-order valence-corrected chi connectivity index (χ0v) is 11.1. The number of fused-ring (bicyclic) bond motifs is 1. The van der Waals surface area contributed by atoms with Crippen LogP contribution in [0.2, 0.25) is 0 Å². The van der Waals surface area contributed by atoms with Crippen LogP contribution in [0.15, 0.2) is 0 Å². The zero-order chi connectivity index (χ0) is 11.1. The second kappa shape index (κ2) is 5.78. The van der Waals surface area contributed by atoms with Crippen LogP contribution in [0.25, 0.3) is 0 Å². The summed E-state index contributed by atoms with van der Waals surface area (Å²) in [6.45, 7) is 0. The van der Waals surface area contributed by atoms with Gasteiger partial charge in [-0.25, -0.2) is 0 Å². The van der Waals surface area contributed by atoms with E-state index < -0.39 is 24.0 Å². The molecular weight excluding hydrogens is 419 g/mol. The van der Waals surface area contributed by atoms with Gasteiger partial charge in [0.25, 0.3) is 0 Å². The van der Waals surface area contributed by atoms with Crippen molar-refractivity contribution in [2.75, 3.05) is 0 Å². The van der Waals surface area contributed by atoms with E-state index in [1.54, 1.807) is 0 Å². The molecule has 1 aliphatic heterocycles. The van der Waals surface area contributed by atoms with E-state index in [9.17, 15) is 20.2 Å². The summed E-state index contributed by atoms with van der Waals surface area (Å²) in [5, 5.41) is 21.7. The number of nitro groups is 2. The molecule has 1 heterocycles. The number of nitrogens with zero attached hydrogens (tertiary/aromatic N) is 2. The maximum atomic E-state index is 10.8. The molecule has 0 amide bonds. The van der Waals surface area contributed by atoms with E-state index in [4.69, 9.17) is 0 Å². The van der Waals surface area contributed by atoms with Crippen molar-refractivity contribution >= 4 is 0 Å². The second-order valence-corrected chi connectivity index (χ2v) is 9.51. The van der Waals surface area contributed by atoms with Crippen LogP contribution in [-0.4, -0.2) is 30.0 Å². The van der Waals surface area contributed by atoms with Crippen molar-refractivity contribution in [3.8, 4) is 0 Å². The van der Waals surface area contributed by atoms with Crippen LogP contribution < -0.4 is 7.75 Å². The van der Waals surface area contributed by atoms with Crippen LogP contribution in [0.5, 0.6) is 0 Å². The van der Waals surface area contributed by atoms with Crippen LogP contribution in [0.1, 0.15) is 25.7 Å². The van der Waals surface area contributed by atoms with Gasteiger partial charge in [0, 0.05) is 0 Å². The van der Waals surface area contributed by atoms with E-state index >= 15 is 0 Å². The molecule has 6 N–H and O–H groups in total. The maximum absolute atomic E-state index is 10.8. The molecule has 0 spiro atoms. The average Bonchev–Trinajstić information content (AvgIpc) is 2.57. The minimum absolute atomic E-state index is 0. The summed E-state index contributed by atoms with van der Waals surface area (Å²) in [6.07, 6.45) is 3.57. The van der Waals surface area contributed by atoms with Gasteiger partial charge >= 0.3 is 89.8 Å². The first-order valence-electron chi connectivity index (χ1n) is 4.56. The summed E-state index contributed by atoms with van der Waals surface area (Å²) in [5.74, 6) is 0. The topological polar surface area (TPSA) is 173 Å². The van der Waals surface area contributed by atoms with Gasteiger partial charge in [-0.3, -0.25) is 0 Å². The molecule has 10 nitrogen and oxygen atoms in total. The Morgan fingerprint density at radius 1 is 0.941 bits per heavy atom. The standard InChI is InChI=1S/C6H12N2.2NO2.2H2O.Pt/c7-5-3-1-2-4-6(5)8;2*2-1-3;;;/h5-8H,1-4H2;;;2*1H2;/q-2;;;;;+2/t5-,6-;;;;;/m1...../s1. The third-order valence-corrected chi connectivity index (χ3v) is 8.51. The van der Waals surface area contributed by atoms with Gasteiger partial charge < -0.3 is 11.0 Å². The molecule has 2 fully saturated rings. The third kappa shape index (κ3) is 2.61. The minimum atomic E-state index is -4.45. The molecule has 0 aromatic heterocycles. The summed E-state index contributed by atoms with van der Waals surface area (Å²) >= 11 is -4.45. The Morgan fingerprint density at radius 3 is 1.59 bits per heavy atom. The van der Waals surface area contributed by atoms with Gasteiger partial charge in [-0.1, -0.05) is 0 Å². The first kappa shape index (κ1) is 16.3. The second-order valence-electron chi connectivity index (χ2n) is 3.49. The summed E-state index contributed by atoms with van der Waals surface area (Å²) < 4.78 is 3.92. The SMILES string of the molecule is O.O.O=[N+]([O-])[Pt]1([N+](=O)[O-])[NH][C@@H]2CCCC[C@H]2[NH]1. The quantitative estimate of drug-likeness (QED) is 0.383. The molecule has 106 valence electrons. The first-order valence-corrected chi connectivity index (χ1v) is 8.86. The summed E-state index contributed by atoms with van der Waals surface area (Å²) in [6, 6.07) is -0.155. The van der Waals surface area contributed by atoms with Gasteiger partial charge in [0.15, 0.2) is 0 Å². The molecule has 2 aliphatic rings. The summed E-state index contributed by atoms with van der Waals surface area (Å²) in [5.41, 5.74) is 0. The van der Waals surface area contributed by atoms with Gasteiger partial charge in [-0.05, 0) is 0 Å². The molecule has 0 bridgehead atoms. The van der Waals surface area contributed by atoms with Crippen molar-refractivity contribution in [2.45, 2.75) is 37.8 Å². The van der Waals surface area contributed by atoms with Crippen molar-refractivity contribution in [3.05, 3.63) is 20.2 Å². The third-order valence-electron chi connectivity index (χ3n) is 2.59. The van der Waals surface area contributed by atoms with Gasteiger partial charge in [0.1, 0.15) is 0 Å². The van der Waals surface area contributed by atoms with E-state index in [0.29, 0.717) is 0 Å². The molecule has 1 saturated carbocycles. The molecule has 0 aromatic carbocycles. The zero-order valence-electron chi connectivity index (χ0n) is 8.83. The number of hydrogen-bond donors (Lipinski definition) is 2. The van der Waals surface area contributed by atoms with Crippen LogP contribution in [-0.2, 0) is 17.1 Å². The molecule has 1 aliphatic carbocycles. The monoisotopic (exact) mass is 435 g/mol. The Morgan fingerprint density at radius 2 is 1.29 bits per heavy atom. The fraction of sp³-hybridized carbons (Fsp3) is 1.00. The van der Waals surface area contributed by atoms with Crippen LogP contribution in [0.4, 0.5) is 0 Å². The van der Waals surface area contributed by atoms with Gasteiger partial charge in [0.05, 0.1) is 0 Å². The fourth-order valence-corrected chi connectivity index (χ4v) is 7.25. The number of rotatable bonds is 2. The molecule has 2 rings (SSSR count). The molecule has 11 heteroatoms. The molecular formula is C6H16N4O6Pt. The van der Waals surface area contributed by atoms with Crippen LogP contribution >= 0.6 is 0 Å². The van der Waals surface area contributed by atoms with E-state index in [-0.39, 0.29) is 23.0 Å². The average molecular weight is 435 g/mol. The Labute approximate surface area is 101 Å². The first-order chi connectivity index (χ1) is 7.06.